The molecule has 0 aliphatic heterocycles. The Morgan fingerprint density at radius 2 is 2.29 bits per heavy atom. The molecule has 0 unspecified atom stereocenters. The highest BCUT2D eigenvalue weighted by atomic mass is 16.4. The molecule has 1 aromatic rings. The maximum absolute atomic E-state index is 10.9. The minimum Gasteiger partial charge on any atom is -0.477 e. The van der Waals surface area contributed by atoms with Gasteiger partial charge in [-0.2, -0.15) is 5.10 Å². The number of carbonyl (C=O) groups excluding carboxylic acids is 1. The fraction of sp³-hybridized carbons (Fsp3) is 0.364. The van der Waals surface area contributed by atoms with Crippen LogP contribution in [0, 0.1) is 0 Å². The van der Waals surface area contributed by atoms with Gasteiger partial charge >= 0.3 is 5.97 Å². The first-order valence-corrected chi connectivity index (χ1v) is 5.29. The zero-order valence-electron chi connectivity index (χ0n) is 9.80. The third-order valence-electron chi connectivity index (χ3n) is 2.02. The van der Waals surface area contributed by atoms with E-state index < -0.39 is 11.9 Å². The smallest absolute Gasteiger partial charge is 0.352 e. The maximum Gasteiger partial charge on any atom is 0.352 e. The molecule has 6 heteroatoms. The lowest BCUT2D eigenvalue weighted by Crippen LogP contribution is -2.24. The van der Waals surface area contributed by atoms with Gasteiger partial charge in [-0.25, -0.2) is 4.79 Å². The van der Waals surface area contributed by atoms with Crippen molar-refractivity contribution in [3.05, 3.63) is 23.7 Å². The molecule has 0 aliphatic rings. The van der Waals surface area contributed by atoms with Crippen LogP contribution < -0.4 is 5.32 Å². The van der Waals surface area contributed by atoms with Gasteiger partial charge < -0.3 is 10.4 Å². The quantitative estimate of drug-likeness (QED) is 0.744. The van der Waals surface area contributed by atoms with E-state index in [0.717, 1.165) is 6.42 Å². The largest absolute Gasteiger partial charge is 0.477 e. The SMILES string of the molecule is CCCn1nccc1/C=C(/NC(C)=O)C(=O)O. The van der Waals surface area contributed by atoms with Crippen molar-refractivity contribution in [1.29, 1.82) is 0 Å². The fourth-order valence-electron chi connectivity index (χ4n) is 1.35. The number of nitrogens with zero attached hydrogens (tertiary/aromatic N) is 2. The topological polar surface area (TPSA) is 84.2 Å². The Hall–Kier alpha value is -2.11. The average Bonchev–Trinajstić information content (AvgIpc) is 2.64. The van der Waals surface area contributed by atoms with E-state index in [-0.39, 0.29) is 5.70 Å². The van der Waals surface area contributed by atoms with Crippen molar-refractivity contribution in [2.45, 2.75) is 26.8 Å². The van der Waals surface area contributed by atoms with E-state index in [9.17, 15) is 9.59 Å². The molecule has 1 amide bonds. The van der Waals surface area contributed by atoms with Gasteiger partial charge in [-0.3, -0.25) is 9.48 Å². The van der Waals surface area contributed by atoms with E-state index in [1.807, 2.05) is 6.92 Å². The lowest BCUT2D eigenvalue weighted by Gasteiger charge is -2.05. The Balaban J connectivity index is 2.99. The third kappa shape index (κ3) is 3.75. The van der Waals surface area contributed by atoms with Gasteiger partial charge in [0, 0.05) is 19.7 Å². The number of aliphatic carboxylic acids is 1. The third-order valence-corrected chi connectivity index (χ3v) is 2.02. The molecule has 0 spiro atoms. The van der Waals surface area contributed by atoms with Crippen LogP contribution in [0.2, 0.25) is 0 Å². The van der Waals surface area contributed by atoms with E-state index >= 15 is 0 Å². The summed E-state index contributed by atoms with van der Waals surface area (Å²) in [5.41, 5.74) is 0.494. The number of carboxylic acid groups (broad SMARTS) is 1. The molecular formula is C11H15N3O3. The molecular weight excluding hydrogens is 222 g/mol. The van der Waals surface area contributed by atoms with Crippen molar-refractivity contribution < 1.29 is 14.7 Å². The average molecular weight is 237 g/mol. The van der Waals surface area contributed by atoms with Crippen molar-refractivity contribution in [2.24, 2.45) is 0 Å². The zero-order chi connectivity index (χ0) is 12.8. The minimum absolute atomic E-state index is 0.157. The molecule has 1 aromatic heterocycles. The lowest BCUT2D eigenvalue weighted by atomic mass is 10.3. The molecule has 0 aromatic carbocycles. The second-order valence-corrected chi connectivity index (χ2v) is 3.52. The van der Waals surface area contributed by atoms with Crippen molar-refractivity contribution in [2.75, 3.05) is 0 Å². The van der Waals surface area contributed by atoms with E-state index in [2.05, 4.69) is 10.4 Å². The van der Waals surface area contributed by atoms with Crippen LogP contribution in [0.5, 0.6) is 0 Å². The van der Waals surface area contributed by atoms with Crippen molar-refractivity contribution in [3.63, 3.8) is 0 Å². The second kappa shape index (κ2) is 5.83. The summed E-state index contributed by atoms with van der Waals surface area (Å²) < 4.78 is 1.69. The molecule has 0 fully saturated rings. The molecule has 6 nitrogen and oxygen atoms in total. The highest BCUT2D eigenvalue weighted by molar-refractivity contribution is 5.96. The maximum atomic E-state index is 10.9. The lowest BCUT2D eigenvalue weighted by molar-refractivity contribution is -0.134. The predicted molar refractivity (Wildman–Crippen MR) is 61.9 cm³/mol. The summed E-state index contributed by atoms with van der Waals surface area (Å²) in [6, 6.07) is 1.69. The number of hydrogen-bond acceptors (Lipinski definition) is 3. The van der Waals surface area contributed by atoms with Crippen LogP contribution in [0.3, 0.4) is 0 Å². The summed E-state index contributed by atoms with van der Waals surface area (Å²) in [4.78, 5) is 21.8. The van der Waals surface area contributed by atoms with E-state index in [1.54, 1.807) is 16.9 Å². The van der Waals surface area contributed by atoms with Crippen LogP contribution in [-0.4, -0.2) is 26.8 Å². The summed E-state index contributed by atoms with van der Waals surface area (Å²) in [5, 5.41) is 15.3. The number of hydrogen-bond donors (Lipinski definition) is 2. The number of nitrogens with one attached hydrogen (secondary N) is 1. The number of amides is 1. The number of carboxylic acids is 1. The summed E-state index contributed by atoms with van der Waals surface area (Å²) in [7, 11) is 0. The standard InChI is InChI=1S/C11H15N3O3/c1-3-6-14-9(4-5-12-14)7-10(11(16)17)13-8(2)15/h4-5,7H,3,6H2,1-2H3,(H,13,15)(H,16,17)/b10-7+. The molecule has 0 saturated carbocycles. The minimum atomic E-state index is -1.18. The summed E-state index contributed by atoms with van der Waals surface area (Å²) >= 11 is 0. The van der Waals surface area contributed by atoms with Gasteiger partial charge in [-0.1, -0.05) is 6.92 Å². The molecule has 0 atom stereocenters. The van der Waals surface area contributed by atoms with Crippen LogP contribution in [0.25, 0.3) is 6.08 Å². The molecule has 17 heavy (non-hydrogen) atoms. The van der Waals surface area contributed by atoms with Gasteiger partial charge in [0.1, 0.15) is 5.70 Å². The van der Waals surface area contributed by atoms with Crippen LogP contribution in [-0.2, 0) is 16.1 Å². The number of carbonyl (C=O) groups is 2. The Bertz CT molecular complexity index is 449. The first-order chi connectivity index (χ1) is 8.04. The Labute approximate surface area is 98.9 Å². The van der Waals surface area contributed by atoms with Gasteiger partial charge in [-0.15, -0.1) is 0 Å². The zero-order valence-corrected chi connectivity index (χ0v) is 9.80. The molecule has 1 heterocycles. The monoisotopic (exact) mass is 237 g/mol. The molecule has 2 N–H and O–H groups in total. The summed E-state index contributed by atoms with van der Waals surface area (Å²) in [6.45, 7) is 3.97. The Morgan fingerprint density at radius 3 is 2.82 bits per heavy atom. The van der Waals surface area contributed by atoms with Crippen molar-refractivity contribution in [3.8, 4) is 0 Å². The molecule has 92 valence electrons. The molecule has 1 rings (SSSR count). The Morgan fingerprint density at radius 1 is 1.59 bits per heavy atom. The Kier molecular flexibility index (Phi) is 4.45. The van der Waals surface area contributed by atoms with Gasteiger partial charge in [-0.05, 0) is 18.6 Å². The van der Waals surface area contributed by atoms with Crippen LogP contribution >= 0.6 is 0 Å². The van der Waals surface area contributed by atoms with E-state index in [0.29, 0.717) is 12.2 Å². The molecule has 0 bridgehead atoms. The number of aromatic nitrogens is 2. The van der Waals surface area contributed by atoms with Crippen molar-refractivity contribution >= 4 is 18.0 Å². The van der Waals surface area contributed by atoms with E-state index in [4.69, 9.17) is 5.11 Å². The molecule has 0 radical (unpaired) electrons. The molecule has 0 aliphatic carbocycles. The van der Waals surface area contributed by atoms with Crippen LogP contribution in [0.1, 0.15) is 26.0 Å². The van der Waals surface area contributed by atoms with Crippen LogP contribution in [0.4, 0.5) is 0 Å². The fourth-order valence-corrected chi connectivity index (χ4v) is 1.35. The van der Waals surface area contributed by atoms with Crippen molar-refractivity contribution in [1.82, 2.24) is 15.1 Å². The van der Waals surface area contributed by atoms with Gasteiger partial charge in [0.05, 0.1) is 5.69 Å². The highest BCUT2D eigenvalue weighted by Gasteiger charge is 2.10. The van der Waals surface area contributed by atoms with E-state index in [1.165, 1.54) is 13.0 Å². The number of rotatable bonds is 5. The van der Waals surface area contributed by atoms with Gasteiger partial charge in [0.2, 0.25) is 5.91 Å². The first-order valence-electron chi connectivity index (χ1n) is 5.29. The summed E-state index contributed by atoms with van der Waals surface area (Å²) in [6.07, 6.45) is 3.88. The number of aryl methyl sites for hydroxylation is 1. The first kappa shape index (κ1) is 13.0. The highest BCUT2D eigenvalue weighted by Crippen LogP contribution is 2.06. The van der Waals surface area contributed by atoms with Crippen LogP contribution in [0.15, 0.2) is 18.0 Å². The predicted octanol–water partition coefficient (Wildman–Crippen LogP) is 0.855. The van der Waals surface area contributed by atoms with Gasteiger partial charge in [0.25, 0.3) is 0 Å². The van der Waals surface area contributed by atoms with Gasteiger partial charge in [0.15, 0.2) is 0 Å². The normalized spacial score (nSPS) is 11.3. The molecule has 0 saturated heterocycles. The summed E-state index contributed by atoms with van der Waals surface area (Å²) in [5.74, 6) is -1.59. The second-order valence-electron chi connectivity index (χ2n) is 3.52.